The predicted molar refractivity (Wildman–Crippen MR) is 139 cm³/mol. The first-order valence-electron chi connectivity index (χ1n) is 12.5. The summed E-state index contributed by atoms with van der Waals surface area (Å²) in [5.74, 6) is -0.116. The summed E-state index contributed by atoms with van der Waals surface area (Å²) >= 11 is 0. The molecular weight excluding hydrogens is 547 g/mol. The number of hydroxylamine groups is 1. The Morgan fingerprint density at radius 1 is 1.24 bits per heavy atom. The summed E-state index contributed by atoms with van der Waals surface area (Å²) in [6, 6.07) is 5.51. The number of H-pyrrole nitrogens is 1. The molecule has 1 fully saturated rings. The highest BCUT2D eigenvalue weighted by molar-refractivity contribution is 5.99. The number of pyridine rings is 2. The number of carbonyl (C=O) groups excluding carboxylic acids is 1. The van der Waals surface area contributed by atoms with Gasteiger partial charge >= 0.3 is 11.9 Å². The molecule has 16 heteroatoms. The molecule has 0 aromatic carbocycles. The molecule has 4 aromatic rings. The van der Waals surface area contributed by atoms with Gasteiger partial charge in [0.1, 0.15) is 17.2 Å². The van der Waals surface area contributed by atoms with Crippen LogP contribution in [0.3, 0.4) is 0 Å². The van der Waals surface area contributed by atoms with Gasteiger partial charge in [-0.1, -0.05) is 6.07 Å². The van der Waals surface area contributed by atoms with E-state index in [4.69, 9.17) is 4.84 Å². The number of nitrogens with one attached hydrogen (secondary N) is 3. The maximum Gasteiger partial charge on any atom is 0.418 e. The first-order valence-corrected chi connectivity index (χ1v) is 12.5. The van der Waals surface area contributed by atoms with Gasteiger partial charge in [0.05, 0.1) is 24.1 Å². The molecule has 6 rings (SSSR count). The SMILES string of the molecule is Cc1ncc(-c2cccc(NC(=O)C3(n4cnc5[nH]c(=O)n(CC6=NC(C)ON6)c(=O)c54)CC3)n2)cc1C(F)(F)F. The number of nitrogens with zero attached hydrogens (tertiary/aromatic N) is 6. The molecule has 2 aliphatic rings. The lowest BCUT2D eigenvalue weighted by molar-refractivity contribution is -0.138. The number of amides is 1. The van der Waals surface area contributed by atoms with Crippen LogP contribution in [0, 0.1) is 6.92 Å². The van der Waals surface area contributed by atoms with E-state index < -0.39 is 40.7 Å². The second-order valence-electron chi connectivity index (χ2n) is 9.78. The molecule has 1 atom stereocenters. The summed E-state index contributed by atoms with van der Waals surface area (Å²) < 4.78 is 42.5. The second-order valence-corrected chi connectivity index (χ2v) is 9.78. The molecule has 13 nitrogen and oxygen atoms in total. The average Bonchev–Trinajstić information content (AvgIpc) is 3.45. The third-order valence-electron chi connectivity index (χ3n) is 6.96. The van der Waals surface area contributed by atoms with Crippen molar-refractivity contribution in [1.29, 1.82) is 0 Å². The first-order chi connectivity index (χ1) is 19.5. The number of carbonyl (C=O) groups is 1. The van der Waals surface area contributed by atoms with Crippen LogP contribution in [0.5, 0.6) is 0 Å². The number of amidine groups is 1. The first kappa shape index (κ1) is 26.4. The van der Waals surface area contributed by atoms with Crippen LogP contribution in [0.15, 0.2) is 51.4 Å². The summed E-state index contributed by atoms with van der Waals surface area (Å²) in [6.45, 7) is 2.77. The third-order valence-corrected chi connectivity index (χ3v) is 6.96. The lowest BCUT2D eigenvalue weighted by Gasteiger charge is -2.18. The third kappa shape index (κ3) is 4.65. The van der Waals surface area contributed by atoms with Crippen LogP contribution >= 0.6 is 0 Å². The van der Waals surface area contributed by atoms with Gasteiger partial charge in [-0.2, -0.15) is 13.2 Å². The molecule has 212 valence electrons. The molecule has 41 heavy (non-hydrogen) atoms. The Hall–Kier alpha value is -4.86. The van der Waals surface area contributed by atoms with Gasteiger partial charge in [0.2, 0.25) is 0 Å². The van der Waals surface area contributed by atoms with E-state index in [1.807, 2.05) is 0 Å². The molecule has 1 unspecified atom stereocenters. The van der Waals surface area contributed by atoms with E-state index in [1.54, 1.807) is 13.0 Å². The van der Waals surface area contributed by atoms with Crippen molar-refractivity contribution in [2.75, 3.05) is 5.32 Å². The number of hydrogen-bond donors (Lipinski definition) is 3. The largest absolute Gasteiger partial charge is 0.418 e. The monoisotopic (exact) mass is 569 g/mol. The van der Waals surface area contributed by atoms with Gasteiger partial charge in [-0.05, 0) is 44.9 Å². The van der Waals surface area contributed by atoms with Crippen LogP contribution in [0.2, 0.25) is 0 Å². The van der Waals surface area contributed by atoms with E-state index in [0.717, 1.165) is 10.6 Å². The van der Waals surface area contributed by atoms with Gasteiger partial charge in [0, 0.05) is 17.5 Å². The standard InChI is InChI=1S/C25H22F3N9O4/c1-12-15(25(26,27)28)8-14(9-29-12)16-4-3-5-17(32-16)33-22(39)24(6-7-24)37-11-30-20-19(37)21(38)36(23(40)34-20)10-18-31-13(2)41-35-18/h3-5,8-9,11,13H,6-7,10H2,1-2H3,(H,31,35)(H,34,40)(H,32,33,39). The van der Waals surface area contributed by atoms with Crippen molar-refractivity contribution >= 4 is 28.7 Å². The molecule has 4 aromatic heterocycles. The van der Waals surface area contributed by atoms with Crippen LogP contribution in [0.25, 0.3) is 22.4 Å². The van der Waals surface area contributed by atoms with E-state index in [0.29, 0.717) is 12.8 Å². The Morgan fingerprint density at radius 3 is 2.71 bits per heavy atom. The molecule has 1 saturated carbocycles. The molecule has 5 heterocycles. The van der Waals surface area contributed by atoms with E-state index in [2.05, 4.69) is 35.7 Å². The lowest BCUT2D eigenvalue weighted by atomic mass is 10.1. The van der Waals surface area contributed by atoms with Gasteiger partial charge in [-0.3, -0.25) is 24.1 Å². The summed E-state index contributed by atoms with van der Waals surface area (Å²) in [7, 11) is 0. The Morgan fingerprint density at radius 2 is 2.02 bits per heavy atom. The van der Waals surface area contributed by atoms with Crippen LogP contribution in [0.1, 0.15) is 31.0 Å². The van der Waals surface area contributed by atoms with E-state index in [-0.39, 0.29) is 46.3 Å². The highest BCUT2D eigenvalue weighted by atomic mass is 19.4. The number of aliphatic imine (C=N–C) groups is 1. The Bertz CT molecular complexity index is 1850. The Kier molecular flexibility index (Phi) is 6.02. The van der Waals surface area contributed by atoms with Crippen molar-refractivity contribution in [3.8, 4) is 11.3 Å². The van der Waals surface area contributed by atoms with Crippen molar-refractivity contribution in [2.24, 2.45) is 4.99 Å². The van der Waals surface area contributed by atoms with Crippen LogP contribution in [-0.4, -0.2) is 47.0 Å². The van der Waals surface area contributed by atoms with E-state index in [1.165, 1.54) is 36.1 Å². The van der Waals surface area contributed by atoms with Gasteiger partial charge in [-0.25, -0.2) is 30.1 Å². The number of aromatic amines is 1. The van der Waals surface area contributed by atoms with Crippen molar-refractivity contribution in [2.45, 2.75) is 51.2 Å². The highest BCUT2D eigenvalue weighted by Crippen LogP contribution is 2.45. The predicted octanol–water partition coefficient (Wildman–Crippen LogP) is 2.08. The number of anilines is 1. The fourth-order valence-electron chi connectivity index (χ4n) is 4.70. The molecule has 1 aliphatic heterocycles. The highest BCUT2D eigenvalue weighted by Gasteiger charge is 2.53. The van der Waals surface area contributed by atoms with Crippen molar-refractivity contribution in [1.82, 2.24) is 34.6 Å². The van der Waals surface area contributed by atoms with Crippen molar-refractivity contribution in [3.05, 3.63) is 68.9 Å². The smallest absolute Gasteiger partial charge is 0.309 e. The minimum atomic E-state index is -4.58. The molecular formula is C25H22F3N9O4. The van der Waals surface area contributed by atoms with Gasteiger partial charge < -0.3 is 9.88 Å². The molecule has 1 amide bonds. The van der Waals surface area contributed by atoms with Crippen LogP contribution in [0.4, 0.5) is 19.0 Å². The topological polar surface area (TPSA) is 161 Å². The van der Waals surface area contributed by atoms with E-state index in [9.17, 15) is 27.6 Å². The normalized spacial score (nSPS) is 17.8. The number of hydrogen-bond acceptors (Lipinski definition) is 9. The minimum Gasteiger partial charge on any atom is -0.309 e. The number of rotatable bonds is 6. The average molecular weight is 570 g/mol. The maximum absolute atomic E-state index is 13.5. The Labute approximate surface area is 228 Å². The summed E-state index contributed by atoms with van der Waals surface area (Å²) in [5, 5.41) is 2.71. The molecule has 0 spiro atoms. The number of aryl methyl sites for hydroxylation is 1. The van der Waals surface area contributed by atoms with Gasteiger partial charge in [-0.15, -0.1) is 0 Å². The molecule has 0 radical (unpaired) electrons. The number of fused-ring (bicyclic) bond motifs is 1. The zero-order valence-corrected chi connectivity index (χ0v) is 21.6. The fourth-order valence-corrected chi connectivity index (χ4v) is 4.70. The van der Waals surface area contributed by atoms with E-state index >= 15 is 0 Å². The fraction of sp³-hybridized carbons (Fsp3) is 0.320. The maximum atomic E-state index is 13.5. The molecule has 3 N–H and O–H groups in total. The van der Waals surface area contributed by atoms with Crippen LogP contribution in [-0.2, 0) is 27.9 Å². The lowest BCUT2D eigenvalue weighted by Crippen LogP contribution is -2.41. The van der Waals surface area contributed by atoms with Crippen molar-refractivity contribution in [3.63, 3.8) is 0 Å². The minimum absolute atomic E-state index is 0.0220. The summed E-state index contributed by atoms with van der Waals surface area (Å²) in [4.78, 5) is 63.7. The molecule has 0 saturated heterocycles. The van der Waals surface area contributed by atoms with Gasteiger partial charge in [0.15, 0.2) is 17.4 Å². The summed E-state index contributed by atoms with van der Waals surface area (Å²) in [5.41, 5.74) is -0.669. The number of aromatic nitrogens is 6. The van der Waals surface area contributed by atoms with Crippen molar-refractivity contribution < 1.29 is 22.8 Å². The molecule has 1 aliphatic carbocycles. The zero-order valence-electron chi connectivity index (χ0n) is 21.6. The number of imidazole rings is 1. The number of halogens is 3. The zero-order chi connectivity index (χ0) is 29.1. The quantitative estimate of drug-likeness (QED) is 0.318. The summed E-state index contributed by atoms with van der Waals surface area (Å²) in [6.07, 6.45) is -1.72. The van der Waals surface area contributed by atoms with Crippen LogP contribution < -0.4 is 22.0 Å². The van der Waals surface area contributed by atoms with Gasteiger partial charge in [0.25, 0.3) is 11.5 Å². The Balaban J connectivity index is 1.31. The number of alkyl halides is 3. The second kappa shape index (κ2) is 9.36. The molecule has 0 bridgehead atoms.